The lowest BCUT2D eigenvalue weighted by Crippen LogP contribution is -2.35. The number of rotatable bonds is 11. The summed E-state index contributed by atoms with van der Waals surface area (Å²) >= 11 is 0. The molecule has 1 aliphatic heterocycles. The third-order valence-corrected chi connectivity index (χ3v) is 5.73. The third kappa shape index (κ3) is 5.78. The van der Waals surface area contributed by atoms with Crippen molar-refractivity contribution < 1.29 is 24.2 Å². The van der Waals surface area contributed by atoms with Crippen LogP contribution in [0.1, 0.15) is 43.9 Å². The molecule has 7 heteroatoms. The van der Waals surface area contributed by atoms with Crippen LogP contribution in [0, 0.1) is 0 Å². The van der Waals surface area contributed by atoms with E-state index in [4.69, 9.17) is 9.47 Å². The van der Waals surface area contributed by atoms with E-state index in [1.54, 1.807) is 24.3 Å². The Hall–Kier alpha value is -3.32. The predicted molar refractivity (Wildman–Crippen MR) is 132 cm³/mol. The molecule has 2 aromatic carbocycles. The predicted octanol–water partition coefficient (Wildman–Crippen LogP) is 4.25. The van der Waals surface area contributed by atoms with E-state index in [1.807, 2.05) is 50.2 Å². The van der Waals surface area contributed by atoms with Gasteiger partial charge in [0.15, 0.2) is 0 Å². The van der Waals surface area contributed by atoms with Crippen LogP contribution >= 0.6 is 0 Å². The Morgan fingerprint density at radius 3 is 2.18 bits per heavy atom. The molecule has 7 nitrogen and oxygen atoms in total. The number of Topliss-reactive ketones (excluding diaryl/α,β-unsaturated/α-hetero) is 1. The number of carbonyl (C=O) groups excluding carboxylic acids is 2. The Labute approximate surface area is 201 Å². The van der Waals surface area contributed by atoms with Gasteiger partial charge in [0.25, 0.3) is 11.7 Å². The zero-order valence-corrected chi connectivity index (χ0v) is 20.4. The number of aliphatic hydroxyl groups excluding tert-OH is 1. The van der Waals surface area contributed by atoms with Gasteiger partial charge in [-0.05, 0) is 69.4 Å². The number of unbranched alkanes of at least 4 members (excludes halogenated alkanes) is 1. The van der Waals surface area contributed by atoms with Crippen LogP contribution in [0.25, 0.3) is 5.76 Å². The van der Waals surface area contributed by atoms with Gasteiger partial charge in [-0.25, -0.2) is 0 Å². The van der Waals surface area contributed by atoms with Crippen molar-refractivity contribution in [2.75, 3.05) is 40.4 Å². The minimum atomic E-state index is -0.684. The zero-order chi connectivity index (χ0) is 24.7. The number of hydrogen-bond donors (Lipinski definition) is 1. The first-order valence-corrected chi connectivity index (χ1v) is 11.8. The van der Waals surface area contributed by atoms with Gasteiger partial charge in [-0.1, -0.05) is 25.5 Å². The molecule has 182 valence electrons. The summed E-state index contributed by atoms with van der Waals surface area (Å²) in [6, 6.07) is 13.6. The molecule has 1 amide bonds. The van der Waals surface area contributed by atoms with Crippen molar-refractivity contribution in [3.63, 3.8) is 0 Å². The van der Waals surface area contributed by atoms with Gasteiger partial charge in [0.05, 0.1) is 24.8 Å². The van der Waals surface area contributed by atoms with Crippen molar-refractivity contribution in [1.29, 1.82) is 0 Å². The highest BCUT2D eigenvalue weighted by Crippen LogP contribution is 2.39. The summed E-state index contributed by atoms with van der Waals surface area (Å²) in [5, 5.41) is 11.2. The molecule has 1 saturated heterocycles. The Balaban J connectivity index is 1.99. The third-order valence-electron chi connectivity index (χ3n) is 5.73. The maximum absolute atomic E-state index is 13.1. The molecule has 0 radical (unpaired) electrons. The molecule has 1 unspecified atom stereocenters. The van der Waals surface area contributed by atoms with Crippen LogP contribution in [-0.2, 0) is 9.59 Å². The minimum absolute atomic E-state index is 0.0903. The van der Waals surface area contributed by atoms with Gasteiger partial charge >= 0.3 is 0 Å². The highest BCUT2D eigenvalue weighted by atomic mass is 16.5. The van der Waals surface area contributed by atoms with E-state index in [-0.39, 0.29) is 11.3 Å². The molecular weight excluding hydrogens is 432 g/mol. The molecule has 0 saturated carbocycles. The quantitative estimate of drug-likeness (QED) is 0.231. The highest BCUT2D eigenvalue weighted by molar-refractivity contribution is 6.46. The molecular formula is C27H34N2O5. The van der Waals surface area contributed by atoms with E-state index in [9.17, 15) is 14.7 Å². The first-order valence-electron chi connectivity index (χ1n) is 11.8. The second-order valence-electron chi connectivity index (χ2n) is 8.52. The summed E-state index contributed by atoms with van der Waals surface area (Å²) < 4.78 is 11.2. The van der Waals surface area contributed by atoms with Gasteiger partial charge in [0.2, 0.25) is 0 Å². The molecule has 0 aliphatic carbocycles. The molecule has 1 atom stereocenters. The second-order valence-corrected chi connectivity index (χ2v) is 8.52. The van der Waals surface area contributed by atoms with E-state index in [0.717, 1.165) is 18.4 Å². The zero-order valence-electron chi connectivity index (χ0n) is 20.4. The molecule has 0 bridgehead atoms. The van der Waals surface area contributed by atoms with Crippen molar-refractivity contribution in [1.82, 2.24) is 9.80 Å². The van der Waals surface area contributed by atoms with Gasteiger partial charge in [0.1, 0.15) is 17.3 Å². The number of nitrogens with zero attached hydrogens (tertiary/aromatic N) is 2. The van der Waals surface area contributed by atoms with Crippen LogP contribution in [0.4, 0.5) is 0 Å². The van der Waals surface area contributed by atoms with Crippen LogP contribution in [0.2, 0.25) is 0 Å². The SMILES string of the molecule is CCCCOc1ccc(/C(O)=C2\C(=O)C(=O)N(CCN(C)C)C2c2ccc(OCC)cc2)cc1. The van der Waals surface area contributed by atoms with Gasteiger partial charge in [-0.3, -0.25) is 9.59 Å². The Bertz CT molecular complexity index is 1010. The molecule has 0 aromatic heterocycles. The molecule has 0 spiro atoms. The maximum Gasteiger partial charge on any atom is 0.295 e. The fourth-order valence-corrected chi connectivity index (χ4v) is 3.88. The normalized spacial score (nSPS) is 17.4. The molecule has 34 heavy (non-hydrogen) atoms. The number of ketones is 1. The Morgan fingerprint density at radius 2 is 1.59 bits per heavy atom. The summed E-state index contributed by atoms with van der Waals surface area (Å²) in [5.41, 5.74) is 1.29. The van der Waals surface area contributed by atoms with Gasteiger partial charge in [0, 0.05) is 18.7 Å². The molecule has 1 aliphatic rings. The van der Waals surface area contributed by atoms with E-state index < -0.39 is 17.7 Å². The number of hydrogen-bond acceptors (Lipinski definition) is 6. The number of likely N-dealkylation sites (N-methyl/N-ethyl adjacent to an activating group) is 1. The summed E-state index contributed by atoms with van der Waals surface area (Å²) in [6.07, 6.45) is 2.00. The van der Waals surface area contributed by atoms with Crippen molar-refractivity contribution in [2.24, 2.45) is 0 Å². The molecule has 1 heterocycles. The number of amides is 1. The summed E-state index contributed by atoms with van der Waals surface area (Å²) in [7, 11) is 3.82. The van der Waals surface area contributed by atoms with E-state index in [1.165, 1.54) is 4.90 Å². The van der Waals surface area contributed by atoms with Crippen LogP contribution in [0.3, 0.4) is 0 Å². The molecule has 3 rings (SSSR count). The molecule has 1 fully saturated rings. The lowest BCUT2D eigenvalue weighted by atomic mass is 9.95. The fraction of sp³-hybridized carbons (Fsp3) is 0.407. The van der Waals surface area contributed by atoms with Crippen molar-refractivity contribution in [3.8, 4) is 11.5 Å². The topological polar surface area (TPSA) is 79.3 Å². The average molecular weight is 467 g/mol. The molecule has 2 aromatic rings. The van der Waals surface area contributed by atoms with Crippen LogP contribution in [0.5, 0.6) is 11.5 Å². The Morgan fingerprint density at radius 1 is 0.971 bits per heavy atom. The first-order chi connectivity index (χ1) is 16.4. The average Bonchev–Trinajstić information content (AvgIpc) is 3.08. The Kier molecular flexibility index (Phi) is 8.71. The summed E-state index contributed by atoms with van der Waals surface area (Å²) in [6.45, 7) is 6.11. The molecule has 1 N–H and O–H groups in total. The monoisotopic (exact) mass is 466 g/mol. The van der Waals surface area contributed by atoms with Crippen molar-refractivity contribution in [3.05, 3.63) is 65.2 Å². The maximum atomic E-state index is 13.1. The van der Waals surface area contributed by atoms with E-state index in [0.29, 0.717) is 43.4 Å². The van der Waals surface area contributed by atoms with E-state index in [2.05, 4.69) is 6.92 Å². The van der Waals surface area contributed by atoms with Gasteiger partial charge < -0.3 is 24.4 Å². The van der Waals surface area contributed by atoms with Gasteiger partial charge in [-0.15, -0.1) is 0 Å². The first kappa shape index (κ1) is 25.3. The number of benzene rings is 2. The minimum Gasteiger partial charge on any atom is -0.507 e. The highest BCUT2D eigenvalue weighted by Gasteiger charge is 2.45. The van der Waals surface area contributed by atoms with Gasteiger partial charge in [-0.2, -0.15) is 0 Å². The number of aliphatic hydroxyl groups is 1. The van der Waals surface area contributed by atoms with Crippen LogP contribution in [-0.4, -0.2) is 67.0 Å². The van der Waals surface area contributed by atoms with Crippen molar-refractivity contribution in [2.45, 2.75) is 32.7 Å². The number of likely N-dealkylation sites (tertiary alicyclic amines) is 1. The van der Waals surface area contributed by atoms with Crippen LogP contribution in [0.15, 0.2) is 54.1 Å². The largest absolute Gasteiger partial charge is 0.507 e. The van der Waals surface area contributed by atoms with E-state index >= 15 is 0 Å². The smallest absolute Gasteiger partial charge is 0.295 e. The number of carbonyl (C=O) groups is 2. The summed E-state index contributed by atoms with van der Waals surface area (Å²) in [5.74, 6) is -0.0837. The fourth-order valence-electron chi connectivity index (χ4n) is 3.88. The second kappa shape index (κ2) is 11.7. The lowest BCUT2D eigenvalue weighted by molar-refractivity contribution is -0.140. The van der Waals surface area contributed by atoms with Crippen molar-refractivity contribution >= 4 is 17.4 Å². The summed E-state index contributed by atoms with van der Waals surface area (Å²) in [4.78, 5) is 29.6. The standard InChI is InChI=1S/C27H34N2O5/c1-5-7-18-34-22-14-10-20(11-15-22)25(30)23-24(19-8-12-21(13-9-19)33-6-2)29(17-16-28(3)4)27(32)26(23)31/h8-15,24,30H,5-7,16-18H2,1-4H3/b25-23+. The number of ether oxygens (including phenoxy) is 2. The lowest BCUT2D eigenvalue weighted by Gasteiger charge is -2.26. The van der Waals surface area contributed by atoms with Crippen LogP contribution < -0.4 is 9.47 Å².